The number of rotatable bonds is 3. The normalized spacial score (nSPS) is 14.9. The summed E-state index contributed by atoms with van der Waals surface area (Å²) in [6, 6.07) is 0. The summed E-state index contributed by atoms with van der Waals surface area (Å²) in [5.41, 5.74) is 0.477. The minimum absolute atomic E-state index is 0.342. The van der Waals surface area contributed by atoms with Gasteiger partial charge in [-0.15, -0.1) is 22.7 Å². The fourth-order valence-corrected chi connectivity index (χ4v) is 3.52. The Balaban J connectivity index is 2.04. The molecule has 3 rings (SSSR count). The van der Waals surface area contributed by atoms with Crippen LogP contribution in [0.25, 0.3) is 10.0 Å². The topological polar surface area (TPSA) is 52.1 Å². The maximum Gasteiger partial charge on any atom is 0.357 e. The molecule has 1 fully saturated rings. The summed E-state index contributed by atoms with van der Waals surface area (Å²) in [4.78, 5) is 21.3. The molecule has 2 heterocycles. The van der Waals surface area contributed by atoms with Crippen molar-refractivity contribution in [3.63, 3.8) is 0 Å². The summed E-state index contributed by atoms with van der Waals surface area (Å²) in [5.74, 6) is 0.154. The van der Waals surface area contributed by atoms with E-state index in [-0.39, 0.29) is 5.97 Å². The predicted octanol–water partition coefficient (Wildman–Crippen LogP) is 2.93. The molecule has 88 valence electrons. The highest BCUT2D eigenvalue weighted by molar-refractivity contribution is 7.20. The van der Waals surface area contributed by atoms with Gasteiger partial charge in [0, 0.05) is 16.5 Å². The molecule has 0 atom stereocenters. The number of thiazole rings is 2. The smallest absolute Gasteiger partial charge is 0.357 e. The zero-order chi connectivity index (χ0) is 11.8. The lowest BCUT2D eigenvalue weighted by Gasteiger charge is -1.96. The van der Waals surface area contributed by atoms with Gasteiger partial charge in [-0.3, -0.25) is 0 Å². The van der Waals surface area contributed by atoms with E-state index >= 15 is 0 Å². The molecule has 1 saturated carbocycles. The van der Waals surface area contributed by atoms with E-state index in [1.807, 2.05) is 5.38 Å². The van der Waals surface area contributed by atoms with Crippen LogP contribution >= 0.6 is 22.7 Å². The number of esters is 1. The Morgan fingerprint density at radius 2 is 2.29 bits per heavy atom. The fourth-order valence-electron chi connectivity index (χ4n) is 1.62. The van der Waals surface area contributed by atoms with Crippen molar-refractivity contribution in [2.45, 2.75) is 18.8 Å². The highest BCUT2D eigenvalue weighted by Crippen LogP contribution is 2.46. The summed E-state index contributed by atoms with van der Waals surface area (Å²) in [6.07, 6.45) is 4.03. The highest BCUT2D eigenvalue weighted by atomic mass is 32.1. The Bertz CT molecular complexity index is 544. The van der Waals surface area contributed by atoms with Crippen molar-refractivity contribution in [3.05, 3.63) is 22.1 Å². The molecule has 1 aliphatic carbocycles. The number of nitrogens with zero attached hydrogens (tertiary/aromatic N) is 2. The zero-order valence-electron chi connectivity index (χ0n) is 9.17. The van der Waals surface area contributed by atoms with Gasteiger partial charge in [0.1, 0.15) is 0 Å². The van der Waals surface area contributed by atoms with Crippen molar-refractivity contribution < 1.29 is 9.53 Å². The first-order valence-corrected chi connectivity index (χ1v) is 6.98. The van der Waals surface area contributed by atoms with E-state index in [9.17, 15) is 4.79 Å². The Hall–Kier alpha value is -1.27. The zero-order valence-corrected chi connectivity index (χ0v) is 10.8. The molecule has 17 heavy (non-hydrogen) atoms. The van der Waals surface area contributed by atoms with Gasteiger partial charge in [-0.05, 0) is 18.8 Å². The highest BCUT2D eigenvalue weighted by Gasteiger charge is 2.32. The van der Waals surface area contributed by atoms with Gasteiger partial charge in [-0.2, -0.15) is 0 Å². The summed E-state index contributed by atoms with van der Waals surface area (Å²) < 4.78 is 4.77. The van der Waals surface area contributed by atoms with Gasteiger partial charge >= 0.3 is 5.97 Å². The van der Waals surface area contributed by atoms with Crippen molar-refractivity contribution in [2.24, 2.45) is 0 Å². The number of carbonyl (C=O) groups is 1. The van der Waals surface area contributed by atoms with Crippen LogP contribution in [0.5, 0.6) is 0 Å². The number of ether oxygens (including phenoxy) is 1. The molecular weight excluding hydrogens is 256 g/mol. The molecule has 0 aliphatic heterocycles. The van der Waals surface area contributed by atoms with Crippen LogP contribution in [0.15, 0.2) is 11.6 Å². The monoisotopic (exact) mass is 266 g/mol. The van der Waals surface area contributed by atoms with Gasteiger partial charge < -0.3 is 4.74 Å². The largest absolute Gasteiger partial charge is 0.464 e. The second-order valence-corrected chi connectivity index (χ2v) is 5.76. The summed E-state index contributed by atoms with van der Waals surface area (Å²) in [5, 5.41) is 3.60. The molecule has 2 aromatic heterocycles. The molecule has 0 saturated heterocycles. The lowest BCUT2D eigenvalue weighted by atomic mass is 10.3. The predicted molar refractivity (Wildman–Crippen MR) is 66.5 cm³/mol. The third kappa shape index (κ3) is 1.98. The van der Waals surface area contributed by atoms with Crippen LogP contribution in [0, 0.1) is 0 Å². The average molecular weight is 266 g/mol. The van der Waals surface area contributed by atoms with Gasteiger partial charge in [0.25, 0.3) is 0 Å². The summed E-state index contributed by atoms with van der Waals surface area (Å²) in [6.45, 7) is 0. The van der Waals surface area contributed by atoms with Crippen LogP contribution in [-0.2, 0) is 4.74 Å². The van der Waals surface area contributed by atoms with Crippen LogP contribution < -0.4 is 0 Å². The number of methoxy groups -OCH3 is 1. The Labute approximate surface area is 106 Å². The summed E-state index contributed by atoms with van der Waals surface area (Å²) >= 11 is 3.10. The van der Waals surface area contributed by atoms with Crippen molar-refractivity contribution in [3.8, 4) is 10.0 Å². The minimum Gasteiger partial charge on any atom is -0.464 e. The van der Waals surface area contributed by atoms with Crippen molar-refractivity contribution >= 4 is 28.6 Å². The van der Waals surface area contributed by atoms with E-state index in [1.165, 1.54) is 18.4 Å². The maximum absolute atomic E-state index is 11.7. The van der Waals surface area contributed by atoms with Crippen molar-refractivity contribution in [1.29, 1.82) is 0 Å². The standard InChI is InChI=1S/C11H10N2O2S2/c1-15-11(14)7-8(6-2-3-6)17-10(13-7)9-12-4-5-16-9/h4-6H,2-3H2,1H3. The summed E-state index contributed by atoms with van der Waals surface area (Å²) in [7, 11) is 1.39. The molecule has 0 amide bonds. The Morgan fingerprint density at radius 3 is 2.88 bits per heavy atom. The average Bonchev–Trinajstić information content (AvgIpc) is 2.90. The van der Waals surface area contributed by atoms with Gasteiger partial charge in [-0.25, -0.2) is 14.8 Å². The minimum atomic E-state index is -0.342. The van der Waals surface area contributed by atoms with Gasteiger partial charge in [0.15, 0.2) is 15.7 Å². The quantitative estimate of drug-likeness (QED) is 0.801. The molecular formula is C11H10N2O2S2. The van der Waals surface area contributed by atoms with E-state index in [4.69, 9.17) is 4.74 Å². The second-order valence-electron chi connectivity index (χ2n) is 3.83. The second kappa shape index (κ2) is 4.19. The van der Waals surface area contributed by atoms with Gasteiger partial charge in [0.2, 0.25) is 0 Å². The van der Waals surface area contributed by atoms with E-state index in [2.05, 4.69) is 9.97 Å². The molecule has 0 N–H and O–H groups in total. The first kappa shape index (κ1) is 10.9. The molecule has 0 unspecified atom stereocenters. The molecule has 0 aromatic carbocycles. The van der Waals surface area contributed by atoms with Crippen LogP contribution in [0.3, 0.4) is 0 Å². The van der Waals surface area contributed by atoms with Crippen LogP contribution in [0.1, 0.15) is 34.1 Å². The molecule has 1 aliphatic rings. The number of aromatic nitrogens is 2. The van der Waals surface area contributed by atoms with Crippen LogP contribution in [0.4, 0.5) is 0 Å². The van der Waals surface area contributed by atoms with Crippen LogP contribution in [-0.4, -0.2) is 23.0 Å². The molecule has 0 bridgehead atoms. The maximum atomic E-state index is 11.7. The third-order valence-electron chi connectivity index (χ3n) is 2.60. The van der Waals surface area contributed by atoms with Crippen LogP contribution in [0.2, 0.25) is 0 Å². The van der Waals surface area contributed by atoms with Gasteiger partial charge in [0.05, 0.1) is 7.11 Å². The SMILES string of the molecule is COC(=O)c1nc(-c2nccs2)sc1C1CC1. The van der Waals surface area contributed by atoms with E-state index in [0.717, 1.165) is 27.7 Å². The van der Waals surface area contributed by atoms with E-state index in [1.54, 1.807) is 17.5 Å². The van der Waals surface area contributed by atoms with Crippen molar-refractivity contribution in [1.82, 2.24) is 9.97 Å². The van der Waals surface area contributed by atoms with E-state index in [0.29, 0.717) is 11.6 Å². The molecule has 4 nitrogen and oxygen atoms in total. The first-order valence-electron chi connectivity index (χ1n) is 5.28. The fraction of sp³-hybridized carbons (Fsp3) is 0.364. The first-order chi connectivity index (χ1) is 8.29. The van der Waals surface area contributed by atoms with Gasteiger partial charge in [-0.1, -0.05) is 0 Å². The van der Waals surface area contributed by atoms with Crippen molar-refractivity contribution in [2.75, 3.05) is 7.11 Å². The number of hydrogen-bond acceptors (Lipinski definition) is 6. The third-order valence-corrected chi connectivity index (χ3v) is 4.73. The Kier molecular flexibility index (Phi) is 2.68. The molecule has 2 aromatic rings. The lowest BCUT2D eigenvalue weighted by Crippen LogP contribution is -2.04. The van der Waals surface area contributed by atoms with E-state index < -0.39 is 0 Å². The molecule has 6 heteroatoms. The molecule has 0 radical (unpaired) electrons. The lowest BCUT2D eigenvalue weighted by molar-refractivity contribution is 0.0594. The number of carbonyl (C=O) groups excluding carboxylic acids is 1. The Morgan fingerprint density at radius 1 is 1.47 bits per heavy atom. The molecule has 0 spiro atoms. The number of hydrogen-bond donors (Lipinski definition) is 0.